The molecule has 1 heterocycles. The number of nitrogens with two attached hydrogens (primary N) is 1. The molecule has 5 heteroatoms. The standard InChI is InChI=1S/C14H21N3O2/c1-13(2,3)19-12(18)17-9-10-4-5-11(16-8-10)14(15)6-7-14/h4-5,8H,6-7,9,15H2,1-3H3,(H,17,18). The van der Waals surface area contributed by atoms with E-state index in [9.17, 15) is 4.79 Å². The van der Waals surface area contributed by atoms with Crippen LogP contribution in [0.2, 0.25) is 0 Å². The van der Waals surface area contributed by atoms with Crippen LogP contribution in [0.3, 0.4) is 0 Å². The van der Waals surface area contributed by atoms with Crippen molar-refractivity contribution in [1.29, 1.82) is 0 Å². The first-order chi connectivity index (χ1) is 8.78. The Kier molecular flexibility index (Phi) is 3.49. The highest BCUT2D eigenvalue weighted by Crippen LogP contribution is 2.41. The number of hydrogen-bond donors (Lipinski definition) is 2. The summed E-state index contributed by atoms with van der Waals surface area (Å²) in [5.74, 6) is 0. The fourth-order valence-corrected chi connectivity index (χ4v) is 1.70. The quantitative estimate of drug-likeness (QED) is 0.875. The lowest BCUT2D eigenvalue weighted by molar-refractivity contribution is 0.0523. The number of nitrogens with zero attached hydrogens (tertiary/aromatic N) is 1. The van der Waals surface area contributed by atoms with Crippen molar-refractivity contribution in [3.05, 3.63) is 29.6 Å². The first-order valence-electron chi connectivity index (χ1n) is 6.50. The molecule has 5 nitrogen and oxygen atoms in total. The molecule has 1 aromatic heterocycles. The van der Waals surface area contributed by atoms with Gasteiger partial charge in [-0.15, -0.1) is 0 Å². The van der Waals surface area contributed by atoms with Gasteiger partial charge in [0.2, 0.25) is 0 Å². The number of rotatable bonds is 3. The first-order valence-corrected chi connectivity index (χ1v) is 6.50. The molecule has 0 radical (unpaired) electrons. The van der Waals surface area contributed by atoms with Crippen LogP contribution in [-0.4, -0.2) is 16.7 Å². The number of carbonyl (C=O) groups excluding carboxylic acids is 1. The Hall–Kier alpha value is -1.62. The SMILES string of the molecule is CC(C)(C)OC(=O)NCc1ccc(C2(N)CC2)nc1. The molecule has 104 valence electrons. The van der Waals surface area contributed by atoms with Gasteiger partial charge in [-0.05, 0) is 45.2 Å². The van der Waals surface area contributed by atoms with Crippen LogP contribution in [0.1, 0.15) is 44.9 Å². The Balaban J connectivity index is 1.85. The van der Waals surface area contributed by atoms with E-state index < -0.39 is 11.7 Å². The Morgan fingerprint density at radius 1 is 1.47 bits per heavy atom. The molecule has 2 rings (SSSR count). The summed E-state index contributed by atoms with van der Waals surface area (Å²) in [6, 6.07) is 3.87. The maximum atomic E-state index is 11.5. The summed E-state index contributed by atoms with van der Waals surface area (Å²) in [4.78, 5) is 15.8. The van der Waals surface area contributed by atoms with Crippen molar-refractivity contribution in [3.8, 4) is 0 Å². The van der Waals surface area contributed by atoms with Crippen molar-refractivity contribution in [2.45, 2.75) is 51.3 Å². The third-order valence-corrected chi connectivity index (χ3v) is 2.96. The predicted octanol–water partition coefficient (Wildman–Crippen LogP) is 2.05. The zero-order valence-corrected chi connectivity index (χ0v) is 11.7. The molecule has 1 aliphatic rings. The van der Waals surface area contributed by atoms with E-state index >= 15 is 0 Å². The smallest absolute Gasteiger partial charge is 0.407 e. The highest BCUT2D eigenvalue weighted by atomic mass is 16.6. The van der Waals surface area contributed by atoms with Gasteiger partial charge in [0.15, 0.2) is 0 Å². The minimum Gasteiger partial charge on any atom is -0.444 e. The molecule has 0 bridgehead atoms. The van der Waals surface area contributed by atoms with Crippen molar-refractivity contribution in [2.24, 2.45) is 5.73 Å². The van der Waals surface area contributed by atoms with Gasteiger partial charge >= 0.3 is 6.09 Å². The van der Waals surface area contributed by atoms with Gasteiger partial charge in [-0.3, -0.25) is 4.98 Å². The Morgan fingerprint density at radius 2 is 2.16 bits per heavy atom. The predicted molar refractivity (Wildman–Crippen MR) is 72.4 cm³/mol. The summed E-state index contributed by atoms with van der Waals surface area (Å²) in [5, 5.41) is 2.70. The molecule has 0 aromatic carbocycles. The van der Waals surface area contributed by atoms with Crippen LogP contribution in [0.15, 0.2) is 18.3 Å². The lowest BCUT2D eigenvalue weighted by Crippen LogP contribution is -2.32. The molecule has 1 aromatic rings. The molecule has 0 aliphatic heterocycles. The number of ether oxygens (including phenoxy) is 1. The average Bonchev–Trinajstić information content (AvgIpc) is 3.04. The van der Waals surface area contributed by atoms with Crippen LogP contribution in [0.4, 0.5) is 4.79 Å². The second-order valence-electron chi connectivity index (χ2n) is 6.06. The summed E-state index contributed by atoms with van der Waals surface area (Å²) in [7, 11) is 0. The van der Waals surface area contributed by atoms with E-state index in [2.05, 4.69) is 10.3 Å². The second-order valence-corrected chi connectivity index (χ2v) is 6.06. The van der Waals surface area contributed by atoms with Crippen LogP contribution < -0.4 is 11.1 Å². The van der Waals surface area contributed by atoms with Crippen LogP contribution in [0.5, 0.6) is 0 Å². The molecule has 19 heavy (non-hydrogen) atoms. The monoisotopic (exact) mass is 263 g/mol. The van der Waals surface area contributed by atoms with E-state index in [4.69, 9.17) is 10.5 Å². The topological polar surface area (TPSA) is 77.2 Å². The molecular weight excluding hydrogens is 242 g/mol. The molecule has 0 saturated heterocycles. The minimum atomic E-state index is -0.482. The Bertz CT molecular complexity index is 459. The molecule has 1 amide bonds. The molecule has 1 saturated carbocycles. The molecular formula is C14H21N3O2. The summed E-state index contributed by atoms with van der Waals surface area (Å²) in [5.41, 5.74) is 7.22. The number of hydrogen-bond acceptors (Lipinski definition) is 4. The van der Waals surface area contributed by atoms with Gasteiger partial charge in [-0.2, -0.15) is 0 Å². The van der Waals surface area contributed by atoms with Crippen molar-refractivity contribution in [3.63, 3.8) is 0 Å². The largest absolute Gasteiger partial charge is 0.444 e. The van der Waals surface area contributed by atoms with E-state index in [0.29, 0.717) is 6.54 Å². The number of carbonyl (C=O) groups is 1. The third-order valence-electron chi connectivity index (χ3n) is 2.96. The lowest BCUT2D eigenvalue weighted by atomic mass is 10.1. The van der Waals surface area contributed by atoms with Gasteiger partial charge < -0.3 is 15.8 Å². The van der Waals surface area contributed by atoms with Gasteiger partial charge in [0, 0.05) is 12.7 Å². The van der Waals surface area contributed by atoms with Gasteiger partial charge in [-0.25, -0.2) is 4.79 Å². The summed E-state index contributed by atoms with van der Waals surface area (Å²) < 4.78 is 5.16. The number of alkyl carbamates (subject to hydrolysis) is 1. The normalized spacial score (nSPS) is 16.8. The van der Waals surface area contributed by atoms with Gasteiger partial charge in [0.25, 0.3) is 0 Å². The highest BCUT2D eigenvalue weighted by molar-refractivity contribution is 5.67. The maximum absolute atomic E-state index is 11.5. The van der Waals surface area contributed by atoms with Crippen molar-refractivity contribution in [1.82, 2.24) is 10.3 Å². The van der Waals surface area contributed by atoms with E-state index in [-0.39, 0.29) is 5.54 Å². The van der Waals surface area contributed by atoms with Crippen LogP contribution >= 0.6 is 0 Å². The summed E-state index contributed by atoms with van der Waals surface area (Å²) in [6.45, 7) is 5.90. The first kappa shape index (κ1) is 13.8. The molecule has 0 atom stereocenters. The number of amides is 1. The molecule has 3 N–H and O–H groups in total. The van der Waals surface area contributed by atoms with Crippen molar-refractivity contribution >= 4 is 6.09 Å². The second kappa shape index (κ2) is 4.81. The molecule has 0 spiro atoms. The lowest BCUT2D eigenvalue weighted by Gasteiger charge is -2.19. The Labute approximate surface area is 113 Å². The summed E-state index contributed by atoms with van der Waals surface area (Å²) in [6.07, 6.45) is 3.32. The van der Waals surface area contributed by atoms with Crippen molar-refractivity contribution < 1.29 is 9.53 Å². The number of nitrogens with one attached hydrogen (secondary N) is 1. The fraction of sp³-hybridized carbons (Fsp3) is 0.571. The zero-order chi connectivity index (χ0) is 14.1. The van der Waals surface area contributed by atoms with E-state index in [1.165, 1.54) is 0 Å². The van der Waals surface area contributed by atoms with Crippen LogP contribution in [0, 0.1) is 0 Å². The number of aromatic nitrogens is 1. The number of pyridine rings is 1. The van der Waals surface area contributed by atoms with Gasteiger partial charge in [-0.1, -0.05) is 6.07 Å². The molecule has 1 aliphatic carbocycles. The third kappa shape index (κ3) is 3.92. The van der Waals surface area contributed by atoms with E-state index in [1.807, 2.05) is 32.9 Å². The minimum absolute atomic E-state index is 0.211. The van der Waals surface area contributed by atoms with Crippen LogP contribution in [-0.2, 0) is 16.8 Å². The van der Waals surface area contributed by atoms with E-state index in [0.717, 1.165) is 24.1 Å². The maximum Gasteiger partial charge on any atom is 0.407 e. The van der Waals surface area contributed by atoms with E-state index in [1.54, 1.807) is 6.20 Å². The van der Waals surface area contributed by atoms with Crippen LogP contribution in [0.25, 0.3) is 0 Å². The fourth-order valence-electron chi connectivity index (χ4n) is 1.70. The average molecular weight is 263 g/mol. The molecule has 0 unspecified atom stereocenters. The zero-order valence-electron chi connectivity index (χ0n) is 11.7. The van der Waals surface area contributed by atoms with Gasteiger partial charge in [0.05, 0.1) is 11.2 Å². The Morgan fingerprint density at radius 3 is 2.63 bits per heavy atom. The van der Waals surface area contributed by atoms with Gasteiger partial charge in [0.1, 0.15) is 5.60 Å². The summed E-state index contributed by atoms with van der Waals surface area (Å²) >= 11 is 0. The molecule has 1 fully saturated rings. The highest BCUT2D eigenvalue weighted by Gasteiger charge is 2.41. The van der Waals surface area contributed by atoms with Crippen molar-refractivity contribution in [2.75, 3.05) is 0 Å².